The molecule has 0 saturated heterocycles. The highest BCUT2D eigenvalue weighted by Crippen LogP contribution is 2.20. The number of nitrogens with one attached hydrogen (secondary N) is 2. The third-order valence-electron chi connectivity index (χ3n) is 3.22. The molecule has 19 heavy (non-hydrogen) atoms. The molecule has 2 rings (SSSR count). The molecule has 0 atom stereocenters. The van der Waals surface area contributed by atoms with E-state index in [2.05, 4.69) is 45.7 Å². The highest BCUT2D eigenvalue weighted by atomic mass is 16.1. The van der Waals surface area contributed by atoms with Crippen molar-refractivity contribution in [2.24, 2.45) is 0 Å². The van der Waals surface area contributed by atoms with Gasteiger partial charge in [0.15, 0.2) is 0 Å². The van der Waals surface area contributed by atoms with Crippen LogP contribution in [-0.4, -0.2) is 24.1 Å². The van der Waals surface area contributed by atoms with Crippen LogP contribution in [0.4, 0.5) is 0 Å². The molecule has 0 bridgehead atoms. The number of hydrogen-bond donors (Lipinski definition) is 2. The second-order valence-corrected chi connectivity index (χ2v) is 4.59. The van der Waals surface area contributed by atoms with Gasteiger partial charge in [0.2, 0.25) is 5.91 Å². The highest BCUT2D eigenvalue weighted by molar-refractivity contribution is 5.84. The lowest BCUT2D eigenvalue weighted by molar-refractivity contribution is -0.121. The van der Waals surface area contributed by atoms with Crippen molar-refractivity contribution in [2.75, 3.05) is 13.6 Å². The van der Waals surface area contributed by atoms with Gasteiger partial charge >= 0.3 is 0 Å². The van der Waals surface area contributed by atoms with Crippen LogP contribution >= 0.6 is 0 Å². The first-order valence-corrected chi connectivity index (χ1v) is 6.74. The molecular formula is C15H21N3O. The number of carbonyl (C=O) groups is 1. The summed E-state index contributed by atoms with van der Waals surface area (Å²) >= 11 is 0. The minimum Gasteiger partial charge on any atom is -0.356 e. The Morgan fingerprint density at radius 3 is 2.89 bits per heavy atom. The summed E-state index contributed by atoms with van der Waals surface area (Å²) in [7, 11) is 1.95. The van der Waals surface area contributed by atoms with Crippen molar-refractivity contribution in [3.63, 3.8) is 0 Å². The molecule has 0 fully saturated rings. The number of rotatable bonds is 6. The summed E-state index contributed by atoms with van der Waals surface area (Å²) in [5.41, 5.74) is 2.48. The fourth-order valence-electron chi connectivity index (χ4n) is 2.33. The molecule has 0 radical (unpaired) electrons. The average Bonchev–Trinajstić information content (AvgIpc) is 2.81. The lowest BCUT2D eigenvalue weighted by atomic mass is 10.1. The predicted molar refractivity (Wildman–Crippen MR) is 78.0 cm³/mol. The van der Waals surface area contributed by atoms with Gasteiger partial charge in [0.1, 0.15) is 0 Å². The van der Waals surface area contributed by atoms with E-state index in [1.165, 1.54) is 16.5 Å². The minimum absolute atomic E-state index is 0.107. The van der Waals surface area contributed by atoms with Gasteiger partial charge in [0, 0.05) is 43.2 Å². The summed E-state index contributed by atoms with van der Waals surface area (Å²) in [5.74, 6) is 0.107. The van der Waals surface area contributed by atoms with Gasteiger partial charge in [-0.05, 0) is 31.7 Å². The van der Waals surface area contributed by atoms with Crippen molar-refractivity contribution in [3.05, 3.63) is 36.0 Å². The van der Waals surface area contributed by atoms with E-state index in [0.717, 1.165) is 13.1 Å². The molecule has 1 amide bonds. The van der Waals surface area contributed by atoms with Crippen LogP contribution in [0.2, 0.25) is 0 Å². The fourth-order valence-corrected chi connectivity index (χ4v) is 2.33. The number of aromatic nitrogens is 1. The van der Waals surface area contributed by atoms with Crippen molar-refractivity contribution < 1.29 is 4.79 Å². The van der Waals surface area contributed by atoms with Crippen molar-refractivity contribution in [2.45, 2.75) is 26.4 Å². The molecule has 1 heterocycles. The van der Waals surface area contributed by atoms with Crippen molar-refractivity contribution in [3.8, 4) is 0 Å². The monoisotopic (exact) mass is 259 g/mol. The van der Waals surface area contributed by atoms with Gasteiger partial charge in [0.25, 0.3) is 0 Å². The number of benzene rings is 1. The summed E-state index contributed by atoms with van der Waals surface area (Å²) in [6, 6.07) is 8.43. The standard InChI is InChI=1S/C15H21N3O/c1-3-17-15(19)8-10-18-9-7-13-12(11-16-2)5-4-6-14(13)18/h4-7,9,16H,3,8,10-11H2,1-2H3,(H,17,19). The van der Waals surface area contributed by atoms with Gasteiger partial charge in [-0.3, -0.25) is 4.79 Å². The van der Waals surface area contributed by atoms with Crippen LogP contribution in [0.3, 0.4) is 0 Å². The fraction of sp³-hybridized carbons (Fsp3) is 0.400. The van der Waals surface area contributed by atoms with E-state index in [0.29, 0.717) is 13.0 Å². The first-order valence-electron chi connectivity index (χ1n) is 6.74. The molecule has 2 aromatic rings. The second kappa shape index (κ2) is 6.38. The maximum absolute atomic E-state index is 11.5. The Balaban J connectivity index is 2.16. The number of aryl methyl sites for hydroxylation is 1. The van der Waals surface area contributed by atoms with Crippen molar-refractivity contribution in [1.82, 2.24) is 15.2 Å². The summed E-state index contributed by atoms with van der Waals surface area (Å²) in [6.45, 7) is 4.21. The SMILES string of the molecule is CCNC(=O)CCn1ccc2c(CNC)cccc21. The van der Waals surface area contributed by atoms with Crippen LogP contribution < -0.4 is 10.6 Å². The molecule has 1 aromatic heterocycles. The molecule has 0 aliphatic rings. The number of nitrogens with zero attached hydrogens (tertiary/aromatic N) is 1. The molecule has 102 valence electrons. The van der Waals surface area contributed by atoms with E-state index >= 15 is 0 Å². The Labute approximate surface area is 113 Å². The van der Waals surface area contributed by atoms with Crippen LogP contribution in [0.15, 0.2) is 30.5 Å². The van der Waals surface area contributed by atoms with E-state index in [1.807, 2.05) is 14.0 Å². The number of fused-ring (bicyclic) bond motifs is 1. The molecule has 0 aliphatic heterocycles. The predicted octanol–water partition coefficient (Wildman–Crippen LogP) is 1.89. The third-order valence-corrected chi connectivity index (χ3v) is 3.22. The molecule has 0 saturated carbocycles. The Morgan fingerprint density at radius 1 is 1.32 bits per heavy atom. The van der Waals surface area contributed by atoms with Gasteiger partial charge in [-0.1, -0.05) is 12.1 Å². The summed E-state index contributed by atoms with van der Waals surface area (Å²) in [4.78, 5) is 11.5. The number of hydrogen-bond acceptors (Lipinski definition) is 2. The molecule has 0 unspecified atom stereocenters. The smallest absolute Gasteiger partial charge is 0.221 e. The van der Waals surface area contributed by atoms with Crippen LogP contribution in [0.1, 0.15) is 18.9 Å². The molecular weight excluding hydrogens is 238 g/mol. The molecule has 0 spiro atoms. The number of amides is 1. The van der Waals surface area contributed by atoms with Gasteiger partial charge in [-0.25, -0.2) is 0 Å². The zero-order chi connectivity index (χ0) is 13.7. The zero-order valence-electron chi connectivity index (χ0n) is 11.6. The lowest BCUT2D eigenvalue weighted by Gasteiger charge is -2.07. The Morgan fingerprint density at radius 2 is 2.16 bits per heavy atom. The van der Waals surface area contributed by atoms with E-state index in [4.69, 9.17) is 0 Å². The molecule has 2 N–H and O–H groups in total. The van der Waals surface area contributed by atoms with E-state index in [-0.39, 0.29) is 5.91 Å². The zero-order valence-corrected chi connectivity index (χ0v) is 11.6. The Hall–Kier alpha value is -1.81. The van der Waals surface area contributed by atoms with E-state index in [1.54, 1.807) is 0 Å². The highest BCUT2D eigenvalue weighted by Gasteiger charge is 2.06. The number of carbonyl (C=O) groups excluding carboxylic acids is 1. The van der Waals surface area contributed by atoms with Crippen LogP contribution in [0, 0.1) is 0 Å². The van der Waals surface area contributed by atoms with E-state index < -0.39 is 0 Å². The molecule has 0 aliphatic carbocycles. The third kappa shape index (κ3) is 3.15. The van der Waals surface area contributed by atoms with E-state index in [9.17, 15) is 4.79 Å². The minimum atomic E-state index is 0.107. The lowest BCUT2D eigenvalue weighted by Crippen LogP contribution is -2.23. The topological polar surface area (TPSA) is 46.1 Å². The average molecular weight is 259 g/mol. The quantitative estimate of drug-likeness (QED) is 0.832. The maximum atomic E-state index is 11.5. The Bertz CT molecular complexity index is 560. The van der Waals surface area contributed by atoms with Gasteiger partial charge in [0.05, 0.1) is 0 Å². The largest absolute Gasteiger partial charge is 0.356 e. The van der Waals surface area contributed by atoms with Gasteiger partial charge in [-0.2, -0.15) is 0 Å². The first kappa shape index (κ1) is 13.6. The first-order chi connectivity index (χ1) is 9.26. The second-order valence-electron chi connectivity index (χ2n) is 4.59. The van der Waals surface area contributed by atoms with Crippen molar-refractivity contribution >= 4 is 16.8 Å². The molecule has 4 nitrogen and oxygen atoms in total. The van der Waals surface area contributed by atoms with Crippen molar-refractivity contribution in [1.29, 1.82) is 0 Å². The summed E-state index contributed by atoms with van der Waals surface area (Å²) in [5, 5.41) is 7.26. The Kier molecular flexibility index (Phi) is 4.58. The van der Waals surface area contributed by atoms with Crippen LogP contribution in [0.5, 0.6) is 0 Å². The summed E-state index contributed by atoms with van der Waals surface area (Å²) < 4.78 is 2.14. The summed E-state index contributed by atoms with van der Waals surface area (Å²) in [6.07, 6.45) is 2.58. The normalized spacial score (nSPS) is 10.8. The molecule has 4 heteroatoms. The molecule has 1 aromatic carbocycles. The van der Waals surface area contributed by atoms with Gasteiger partial charge < -0.3 is 15.2 Å². The van der Waals surface area contributed by atoms with Crippen LogP contribution in [-0.2, 0) is 17.9 Å². The van der Waals surface area contributed by atoms with Crippen LogP contribution in [0.25, 0.3) is 10.9 Å². The maximum Gasteiger partial charge on any atom is 0.221 e. The van der Waals surface area contributed by atoms with Gasteiger partial charge in [-0.15, -0.1) is 0 Å².